The molecule has 18 heavy (non-hydrogen) atoms. The van der Waals surface area contributed by atoms with Gasteiger partial charge in [-0.2, -0.15) is 0 Å². The summed E-state index contributed by atoms with van der Waals surface area (Å²) in [5.74, 6) is -0.203. The molecule has 98 valence electrons. The minimum absolute atomic E-state index is 0.0349. The van der Waals surface area contributed by atoms with Crippen LogP contribution in [-0.4, -0.2) is 23.7 Å². The summed E-state index contributed by atoms with van der Waals surface area (Å²) < 4.78 is 5.62. The minimum atomic E-state index is -0.203. The van der Waals surface area contributed by atoms with E-state index in [2.05, 4.69) is 26.1 Å². The van der Waals surface area contributed by atoms with Crippen molar-refractivity contribution < 1.29 is 14.8 Å². The van der Waals surface area contributed by atoms with E-state index in [4.69, 9.17) is 4.74 Å². The summed E-state index contributed by atoms with van der Waals surface area (Å²) in [5, 5.41) is 2.36. The monoisotopic (exact) mass is 248 g/mol. The molecule has 3 heteroatoms. The standard InChI is InChI=1S/C15H21NO2/c1-11-9-13(10-15(2,3)16-11)18-14(17)12-7-5-4-6-8-12/h4-8,11,13,16H,9-10H2,1-3H3/p+1. The fourth-order valence-corrected chi connectivity index (χ4v) is 2.87. The number of rotatable bonds is 2. The van der Waals surface area contributed by atoms with Crippen molar-refractivity contribution in [1.82, 2.24) is 0 Å². The average Bonchev–Trinajstić information content (AvgIpc) is 2.27. The molecule has 0 amide bonds. The smallest absolute Gasteiger partial charge is 0.338 e. The van der Waals surface area contributed by atoms with Crippen molar-refractivity contribution in [3.63, 3.8) is 0 Å². The third kappa shape index (κ3) is 3.33. The van der Waals surface area contributed by atoms with Gasteiger partial charge in [-0.25, -0.2) is 4.79 Å². The number of quaternary nitrogens is 1. The maximum Gasteiger partial charge on any atom is 0.338 e. The van der Waals surface area contributed by atoms with Crippen LogP contribution in [-0.2, 0) is 4.74 Å². The van der Waals surface area contributed by atoms with Crippen molar-refractivity contribution in [2.24, 2.45) is 0 Å². The maximum atomic E-state index is 12.0. The second-order valence-electron chi connectivity index (χ2n) is 5.97. The summed E-state index contributed by atoms with van der Waals surface area (Å²) in [7, 11) is 0. The van der Waals surface area contributed by atoms with Crippen LogP contribution >= 0.6 is 0 Å². The van der Waals surface area contributed by atoms with E-state index < -0.39 is 0 Å². The van der Waals surface area contributed by atoms with E-state index in [0.717, 1.165) is 12.8 Å². The van der Waals surface area contributed by atoms with E-state index in [1.54, 1.807) is 12.1 Å². The number of hydrogen-bond donors (Lipinski definition) is 1. The molecule has 0 spiro atoms. The highest BCUT2D eigenvalue weighted by Crippen LogP contribution is 2.20. The number of benzene rings is 1. The first kappa shape index (κ1) is 13.1. The third-order valence-electron chi connectivity index (χ3n) is 3.41. The molecule has 0 bridgehead atoms. The molecule has 2 N–H and O–H groups in total. The minimum Gasteiger partial charge on any atom is -0.458 e. The highest BCUT2D eigenvalue weighted by Gasteiger charge is 2.37. The lowest BCUT2D eigenvalue weighted by atomic mass is 9.87. The van der Waals surface area contributed by atoms with E-state index in [0.29, 0.717) is 11.6 Å². The molecule has 1 aromatic rings. The highest BCUT2D eigenvalue weighted by atomic mass is 16.5. The fourth-order valence-electron chi connectivity index (χ4n) is 2.87. The number of esters is 1. The van der Waals surface area contributed by atoms with Crippen LogP contribution in [0.4, 0.5) is 0 Å². The molecule has 3 nitrogen and oxygen atoms in total. The lowest BCUT2D eigenvalue weighted by Gasteiger charge is -2.36. The van der Waals surface area contributed by atoms with Gasteiger partial charge in [-0.05, 0) is 32.9 Å². The van der Waals surface area contributed by atoms with Gasteiger partial charge in [0.2, 0.25) is 0 Å². The maximum absolute atomic E-state index is 12.0. The van der Waals surface area contributed by atoms with Crippen LogP contribution in [0, 0.1) is 0 Å². The predicted molar refractivity (Wildman–Crippen MR) is 70.3 cm³/mol. The molecule has 1 heterocycles. The van der Waals surface area contributed by atoms with Gasteiger partial charge in [0.1, 0.15) is 6.10 Å². The summed E-state index contributed by atoms with van der Waals surface area (Å²) in [6, 6.07) is 9.72. The van der Waals surface area contributed by atoms with E-state index in [9.17, 15) is 4.79 Å². The Morgan fingerprint density at radius 3 is 2.61 bits per heavy atom. The number of nitrogens with two attached hydrogens (primary N) is 1. The zero-order chi connectivity index (χ0) is 13.2. The molecule has 0 radical (unpaired) electrons. The van der Waals surface area contributed by atoms with E-state index in [1.807, 2.05) is 18.2 Å². The first-order valence-corrected chi connectivity index (χ1v) is 6.58. The molecule has 1 aliphatic rings. The molecule has 1 fully saturated rings. The molecule has 2 rings (SSSR count). The van der Waals surface area contributed by atoms with Crippen molar-refractivity contribution in [3.05, 3.63) is 35.9 Å². The van der Waals surface area contributed by atoms with E-state index in [1.165, 1.54) is 0 Å². The van der Waals surface area contributed by atoms with Gasteiger partial charge in [0, 0.05) is 12.8 Å². The second-order valence-corrected chi connectivity index (χ2v) is 5.97. The first-order valence-electron chi connectivity index (χ1n) is 6.58. The van der Waals surface area contributed by atoms with Crippen molar-refractivity contribution in [1.29, 1.82) is 0 Å². The largest absolute Gasteiger partial charge is 0.458 e. The van der Waals surface area contributed by atoms with Crippen LogP contribution in [0.3, 0.4) is 0 Å². The SMILES string of the molecule is CC1CC(OC(=O)c2ccccc2)CC(C)(C)[NH2+]1. The number of piperidine rings is 1. The van der Waals surface area contributed by atoms with Gasteiger partial charge in [0.25, 0.3) is 0 Å². The van der Waals surface area contributed by atoms with Crippen molar-refractivity contribution in [3.8, 4) is 0 Å². The summed E-state index contributed by atoms with van der Waals surface area (Å²) in [6.07, 6.45) is 1.88. The molecule has 1 aromatic carbocycles. The van der Waals surface area contributed by atoms with Gasteiger partial charge in [-0.3, -0.25) is 0 Å². The van der Waals surface area contributed by atoms with Gasteiger partial charge in [0.15, 0.2) is 0 Å². The zero-order valence-electron chi connectivity index (χ0n) is 11.3. The average molecular weight is 248 g/mol. The van der Waals surface area contributed by atoms with Crippen LogP contribution in [0.2, 0.25) is 0 Å². The predicted octanol–water partition coefficient (Wildman–Crippen LogP) is 1.74. The number of carbonyl (C=O) groups excluding carboxylic acids is 1. The molecular weight excluding hydrogens is 226 g/mol. The van der Waals surface area contributed by atoms with Crippen LogP contribution in [0.1, 0.15) is 44.0 Å². The lowest BCUT2D eigenvalue weighted by Crippen LogP contribution is -3.01. The summed E-state index contributed by atoms with van der Waals surface area (Å²) in [6.45, 7) is 6.59. The Balaban J connectivity index is 1.99. The normalized spacial score (nSPS) is 26.6. The first-order chi connectivity index (χ1) is 8.46. The van der Waals surface area contributed by atoms with Gasteiger partial charge in [-0.15, -0.1) is 0 Å². The molecule has 2 unspecified atom stereocenters. The Morgan fingerprint density at radius 1 is 1.33 bits per heavy atom. The third-order valence-corrected chi connectivity index (χ3v) is 3.41. The van der Waals surface area contributed by atoms with Crippen LogP contribution in [0.25, 0.3) is 0 Å². The van der Waals surface area contributed by atoms with Gasteiger partial charge in [0.05, 0.1) is 17.1 Å². The Hall–Kier alpha value is -1.35. The summed E-state index contributed by atoms with van der Waals surface area (Å²) >= 11 is 0. The molecule has 2 atom stereocenters. The molecule has 0 aliphatic carbocycles. The molecule has 1 aliphatic heterocycles. The number of ether oxygens (including phenoxy) is 1. The van der Waals surface area contributed by atoms with Crippen LogP contribution in [0.5, 0.6) is 0 Å². The van der Waals surface area contributed by atoms with E-state index in [-0.39, 0.29) is 17.6 Å². The topological polar surface area (TPSA) is 42.9 Å². The van der Waals surface area contributed by atoms with Crippen LogP contribution in [0.15, 0.2) is 30.3 Å². The fraction of sp³-hybridized carbons (Fsp3) is 0.533. The van der Waals surface area contributed by atoms with Gasteiger partial charge >= 0.3 is 5.97 Å². The molecule has 0 aromatic heterocycles. The highest BCUT2D eigenvalue weighted by molar-refractivity contribution is 5.89. The molecular formula is C15H22NO2+. The number of carbonyl (C=O) groups is 1. The number of hydrogen-bond acceptors (Lipinski definition) is 2. The quantitative estimate of drug-likeness (QED) is 0.810. The van der Waals surface area contributed by atoms with Crippen LogP contribution < -0.4 is 5.32 Å². The Morgan fingerprint density at radius 2 is 2.00 bits per heavy atom. The Bertz CT molecular complexity index is 414. The van der Waals surface area contributed by atoms with Gasteiger partial charge < -0.3 is 10.1 Å². The zero-order valence-corrected chi connectivity index (χ0v) is 11.3. The molecule has 0 saturated carbocycles. The Labute approximate surface area is 109 Å². The van der Waals surface area contributed by atoms with Gasteiger partial charge in [-0.1, -0.05) is 18.2 Å². The summed E-state index contributed by atoms with van der Waals surface area (Å²) in [5.41, 5.74) is 0.789. The second kappa shape index (κ2) is 5.11. The molecule has 1 saturated heterocycles. The van der Waals surface area contributed by atoms with E-state index >= 15 is 0 Å². The van der Waals surface area contributed by atoms with Crippen molar-refractivity contribution in [2.45, 2.75) is 51.3 Å². The lowest BCUT2D eigenvalue weighted by molar-refractivity contribution is -0.759. The Kier molecular flexibility index (Phi) is 3.71. The summed E-state index contributed by atoms with van der Waals surface area (Å²) in [4.78, 5) is 12.0. The van der Waals surface area contributed by atoms with Crippen molar-refractivity contribution >= 4 is 5.97 Å². The van der Waals surface area contributed by atoms with Crippen molar-refractivity contribution in [2.75, 3.05) is 0 Å².